The molecular weight excluding hydrogens is 520 g/mol. The summed E-state index contributed by atoms with van der Waals surface area (Å²) in [6.07, 6.45) is 3.22. The molecule has 5 atom stereocenters. The molecule has 8 heteroatoms. The lowest BCUT2D eigenvalue weighted by molar-refractivity contribution is 0.259. The lowest BCUT2D eigenvalue weighted by atomic mass is 9.64. The van der Waals surface area contributed by atoms with Gasteiger partial charge in [-0.05, 0) is 106 Å². The van der Waals surface area contributed by atoms with Gasteiger partial charge in [-0.25, -0.2) is 9.36 Å². The van der Waals surface area contributed by atoms with E-state index in [1.165, 1.54) is 22.5 Å². The third kappa shape index (κ3) is 2.83. The molecule has 0 radical (unpaired) electrons. The van der Waals surface area contributed by atoms with E-state index in [-0.39, 0.29) is 22.4 Å². The van der Waals surface area contributed by atoms with Gasteiger partial charge in [-0.2, -0.15) is 10.2 Å². The molecule has 42 heavy (non-hydrogen) atoms. The second-order valence-electron chi connectivity index (χ2n) is 13.8. The molecule has 4 heterocycles. The molecule has 2 aliphatic carbocycles. The second-order valence-corrected chi connectivity index (χ2v) is 13.8. The minimum Gasteiger partial charge on any atom is -0.399 e. The maximum atomic E-state index is 6.07. The van der Waals surface area contributed by atoms with Crippen molar-refractivity contribution >= 4 is 28.6 Å². The van der Waals surface area contributed by atoms with Crippen molar-refractivity contribution in [2.24, 2.45) is 11.8 Å². The fourth-order valence-corrected chi connectivity index (χ4v) is 9.74. The van der Waals surface area contributed by atoms with Crippen LogP contribution in [0.4, 0.5) is 23.0 Å². The average molecular weight is 561 g/mol. The van der Waals surface area contributed by atoms with Crippen LogP contribution in [0.2, 0.25) is 0 Å². The average Bonchev–Trinajstić information content (AvgIpc) is 3.63. The number of benzene rings is 2. The van der Waals surface area contributed by atoms with E-state index >= 15 is 0 Å². The Morgan fingerprint density at radius 3 is 1.93 bits per heavy atom. The molecule has 2 saturated carbocycles. The Bertz CT molecular complexity index is 1800. The van der Waals surface area contributed by atoms with Crippen molar-refractivity contribution < 1.29 is 0 Å². The van der Waals surface area contributed by atoms with Crippen LogP contribution in [0, 0.1) is 25.7 Å². The van der Waals surface area contributed by atoms with Crippen molar-refractivity contribution in [3.63, 3.8) is 0 Å². The van der Waals surface area contributed by atoms with Gasteiger partial charge in [0.15, 0.2) is 0 Å². The number of allylic oxidation sites excluding steroid dienone is 1. The Morgan fingerprint density at radius 2 is 1.33 bits per heavy atom. The van der Waals surface area contributed by atoms with E-state index in [9.17, 15) is 0 Å². The summed E-state index contributed by atoms with van der Waals surface area (Å²) in [6.45, 7) is 14.2. The molecule has 2 aliphatic heterocycles. The first-order valence-corrected chi connectivity index (χ1v) is 15.0. The van der Waals surface area contributed by atoms with Gasteiger partial charge >= 0.3 is 0 Å². The van der Waals surface area contributed by atoms with Crippen molar-refractivity contribution in [3.05, 3.63) is 77.6 Å². The normalized spacial score (nSPS) is 30.8. The van der Waals surface area contributed by atoms with E-state index in [4.69, 9.17) is 28.2 Å². The molecule has 2 aromatic heterocycles. The molecule has 2 aromatic carbocycles. The van der Waals surface area contributed by atoms with Crippen molar-refractivity contribution in [2.45, 2.75) is 63.5 Å². The van der Waals surface area contributed by atoms with Crippen LogP contribution < -0.4 is 21.3 Å². The molecule has 1 spiro atoms. The zero-order chi connectivity index (χ0) is 29.5. The molecule has 0 saturated heterocycles. The first kappa shape index (κ1) is 25.5. The highest BCUT2D eigenvalue weighted by Gasteiger charge is 2.73. The van der Waals surface area contributed by atoms with E-state index in [0.717, 1.165) is 59.2 Å². The molecule has 4 aliphatic rings. The number of fused-ring (bicyclic) bond motifs is 6. The molecule has 4 bridgehead atoms. The number of aromatic nitrogens is 4. The fourth-order valence-electron chi connectivity index (χ4n) is 9.74. The quantitative estimate of drug-likeness (QED) is 0.308. The van der Waals surface area contributed by atoms with Crippen molar-refractivity contribution in [3.8, 4) is 11.4 Å². The van der Waals surface area contributed by atoms with Crippen LogP contribution >= 0.6 is 0 Å². The van der Waals surface area contributed by atoms with Crippen LogP contribution in [-0.2, 0) is 5.41 Å². The second kappa shape index (κ2) is 7.79. The Morgan fingerprint density at radius 1 is 0.786 bits per heavy atom. The van der Waals surface area contributed by atoms with Crippen LogP contribution in [0.1, 0.15) is 55.6 Å². The van der Waals surface area contributed by atoms with E-state index in [2.05, 4.69) is 85.2 Å². The summed E-state index contributed by atoms with van der Waals surface area (Å²) < 4.78 is 4.28. The first-order chi connectivity index (χ1) is 19.9. The number of nitrogens with zero attached hydrogens (tertiary/aromatic N) is 6. The number of rotatable bonds is 2. The zero-order valence-electron chi connectivity index (χ0n) is 25.4. The van der Waals surface area contributed by atoms with Crippen LogP contribution in [0.25, 0.3) is 16.9 Å². The fraction of sp³-hybridized carbons (Fsp3) is 0.412. The molecular formula is C34H40N8. The molecule has 8 rings (SSSR count). The number of hydrogen-bond acceptors (Lipinski definition) is 6. The van der Waals surface area contributed by atoms with Gasteiger partial charge in [-0.15, -0.1) is 0 Å². The zero-order valence-corrected chi connectivity index (χ0v) is 25.4. The summed E-state index contributed by atoms with van der Waals surface area (Å²) in [4.78, 5) is 5.15. The van der Waals surface area contributed by atoms with Gasteiger partial charge in [-0.3, -0.25) is 0 Å². The minimum atomic E-state index is -0.146. The minimum absolute atomic E-state index is 0.0535. The molecule has 0 amide bonds. The third-order valence-corrected chi connectivity index (χ3v) is 11.7. The Kier molecular flexibility index (Phi) is 4.73. The SMILES string of the molecule is C=C1c2c(C)nn(-c3ccc(N)cc3)c2N(C)C23CC1C1(C)c4c(C)nn(-c5ccc(N)cc5)c4N(C)C(C)(CC12)C3. The van der Waals surface area contributed by atoms with Crippen molar-refractivity contribution in [1.82, 2.24) is 19.6 Å². The number of hydrogen-bond donors (Lipinski definition) is 2. The van der Waals surface area contributed by atoms with Gasteiger partial charge in [0.25, 0.3) is 0 Å². The first-order valence-electron chi connectivity index (χ1n) is 15.0. The summed E-state index contributed by atoms with van der Waals surface area (Å²) in [5.74, 6) is 3.03. The molecule has 2 fully saturated rings. The summed E-state index contributed by atoms with van der Waals surface area (Å²) in [6, 6.07) is 16.1. The van der Waals surface area contributed by atoms with E-state index in [1.807, 2.05) is 24.3 Å². The van der Waals surface area contributed by atoms with Crippen molar-refractivity contribution in [2.75, 3.05) is 35.4 Å². The molecule has 4 aromatic rings. The predicted molar refractivity (Wildman–Crippen MR) is 171 cm³/mol. The van der Waals surface area contributed by atoms with Gasteiger partial charge in [0.1, 0.15) is 11.6 Å². The smallest absolute Gasteiger partial charge is 0.140 e. The number of nitrogens with two attached hydrogens (primary N) is 2. The lowest BCUT2D eigenvalue weighted by Gasteiger charge is -2.47. The number of anilines is 4. The summed E-state index contributed by atoms with van der Waals surface area (Å²) in [7, 11) is 4.59. The highest BCUT2D eigenvalue weighted by Crippen LogP contribution is 2.73. The summed E-state index contributed by atoms with van der Waals surface area (Å²) in [5, 5.41) is 10.4. The maximum absolute atomic E-state index is 6.07. The van der Waals surface area contributed by atoms with Gasteiger partial charge in [0, 0.05) is 53.1 Å². The molecule has 4 N–H and O–H groups in total. The highest BCUT2D eigenvalue weighted by atomic mass is 15.4. The Labute approximate surface area is 247 Å². The van der Waals surface area contributed by atoms with Crippen LogP contribution in [0.15, 0.2) is 55.1 Å². The lowest BCUT2D eigenvalue weighted by Crippen LogP contribution is -2.53. The summed E-state index contributed by atoms with van der Waals surface area (Å²) >= 11 is 0. The third-order valence-electron chi connectivity index (χ3n) is 11.7. The van der Waals surface area contributed by atoms with Crippen molar-refractivity contribution in [1.29, 1.82) is 0 Å². The van der Waals surface area contributed by atoms with E-state index in [1.54, 1.807) is 0 Å². The molecule has 5 unspecified atom stereocenters. The molecule has 216 valence electrons. The van der Waals surface area contributed by atoms with E-state index < -0.39 is 0 Å². The number of nitrogen functional groups attached to an aromatic ring is 2. The van der Waals surface area contributed by atoms with Gasteiger partial charge in [0.2, 0.25) is 0 Å². The maximum Gasteiger partial charge on any atom is 0.140 e. The van der Waals surface area contributed by atoms with Gasteiger partial charge in [-0.1, -0.05) is 13.5 Å². The standard InChI is InChI=1S/C34H40N8/c1-19-26-16-34(40(7)30-28(19)20(2)37-41(30)24-12-8-22(35)9-13-24)18-32(4)17-27(34)33(26,5)29-21(3)38-42(31(29)39(32)6)25-14-10-23(36)11-15-25/h8-15,26-27H,1,16-18,35-36H2,2-7H3. The van der Waals surface area contributed by atoms with Gasteiger partial charge < -0.3 is 21.3 Å². The van der Waals surface area contributed by atoms with Crippen LogP contribution in [0.3, 0.4) is 0 Å². The number of aryl methyl sites for hydroxylation is 2. The highest BCUT2D eigenvalue weighted by molar-refractivity contribution is 5.83. The Hall–Kier alpha value is -4.20. The largest absolute Gasteiger partial charge is 0.399 e. The Balaban J connectivity index is 1.40. The topological polar surface area (TPSA) is 94.2 Å². The van der Waals surface area contributed by atoms with Crippen LogP contribution in [-0.4, -0.2) is 44.7 Å². The van der Waals surface area contributed by atoms with Gasteiger partial charge in [0.05, 0.1) is 22.8 Å². The predicted octanol–water partition coefficient (Wildman–Crippen LogP) is 5.64. The molecule has 8 nitrogen and oxygen atoms in total. The monoisotopic (exact) mass is 560 g/mol. The summed E-state index contributed by atoms with van der Waals surface area (Å²) in [5.41, 5.74) is 21.3. The van der Waals surface area contributed by atoms with E-state index in [0.29, 0.717) is 5.92 Å². The van der Waals surface area contributed by atoms with Crippen LogP contribution in [0.5, 0.6) is 0 Å².